The van der Waals surface area contributed by atoms with E-state index in [2.05, 4.69) is 224 Å². The molecule has 0 fully saturated rings. The van der Waals surface area contributed by atoms with Crippen LogP contribution in [0.3, 0.4) is 0 Å². The number of hydrogen-bond donors (Lipinski definition) is 0. The van der Waals surface area contributed by atoms with Crippen LogP contribution in [0.5, 0.6) is 0 Å². The molecule has 0 bridgehead atoms. The summed E-state index contributed by atoms with van der Waals surface area (Å²) in [6.45, 7) is 14.3. The second kappa shape index (κ2) is 17.6. The fraction of sp³-hybridized carbons (Fsp3) is 0.153. The summed E-state index contributed by atoms with van der Waals surface area (Å²) >= 11 is 0. The van der Waals surface area contributed by atoms with Crippen molar-refractivity contribution in [1.82, 2.24) is 0 Å². The summed E-state index contributed by atoms with van der Waals surface area (Å²) < 4.78 is 0. The molecule has 2 aliphatic rings. The van der Waals surface area contributed by atoms with Crippen LogP contribution < -0.4 is 35.3 Å². The molecule has 0 aliphatic heterocycles. The van der Waals surface area contributed by atoms with Crippen LogP contribution in [0.4, 0.5) is 0 Å². The predicted molar refractivity (Wildman–Crippen MR) is 252 cm³/mol. The van der Waals surface area contributed by atoms with E-state index in [0.29, 0.717) is 0 Å². The summed E-state index contributed by atoms with van der Waals surface area (Å²) in [4.78, 5) is 0. The van der Waals surface area contributed by atoms with Gasteiger partial charge in [0, 0.05) is 0 Å². The van der Waals surface area contributed by atoms with Gasteiger partial charge >= 0.3 is 26.2 Å². The Bertz CT molecular complexity index is 3210. The first-order valence-electron chi connectivity index (χ1n) is 21.1. The molecule has 0 atom stereocenters. The van der Waals surface area contributed by atoms with E-state index in [1.165, 1.54) is 104 Å². The SMILES string of the molecule is CC(C)(C)c1cc2c(cc1-c1ccccc1)=[C-]c1c(C3=CC=CC3)c(-c3ccccc3)c(C(C)(C)C)c(=C(c3ccc4ccccc4c3)c3ccc4ccccc4c3)c1=2.[Cl-].[Cl-].[Zr+3]. The third-order valence-electron chi connectivity index (χ3n) is 12.3. The standard InChI is InChI=1S/C59H49.2ClH.Zr/c1-58(2,3)51-37-49-47(35-48(51)40-21-9-7-10-22-40)36-50-53(41-25-15-16-26-41)54(42-23-11-8-12-24-42)57(59(4,5)6)56(55(49)50)52(45-31-29-38-19-13-17-27-43(38)33-45)46-32-30-39-20-14-18-28-44(39)34-46;;;/h7-25,27-35,37H,26H2,1-6H3;2*1H;/q-1;;;+3/p-2. The quantitative estimate of drug-likeness (QED) is 0.155. The zero-order valence-electron chi connectivity index (χ0n) is 36.2. The van der Waals surface area contributed by atoms with Gasteiger partial charge in [-0.1, -0.05) is 210 Å². The fourth-order valence-corrected chi connectivity index (χ4v) is 9.66. The van der Waals surface area contributed by atoms with Crippen LogP contribution in [0.25, 0.3) is 61.0 Å². The van der Waals surface area contributed by atoms with Crippen LogP contribution in [0, 0.1) is 10.4 Å². The van der Waals surface area contributed by atoms with Gasteiger partial charge in [0.25, 0.3) is 0 Å². The van der Waals surface area contributed by atoms with Crippen LogP contribution in [0.1, 0.15) is 81.3 Å². The number of allylic oxidation sites excluding steroid dienone is 4. The smallest absolute Gasteiger partial charge is 1.00 e. The molecular weight excluding hydrogens is 871 g/mol. The molecule has 0 N–H and O–H groups in total. The van der Waals surface area contributed by atoms with Crippen molar-refractivity contribution in [3.05, 3.63) is 230 Å². The molecule has 0 amide bonds. The van der Waals surface area contributed by atoms with E-state index in [-0.39, 0.29) is 61.8 Å². The van der Waals surface area contributed by atoms with Crippen LogP contribution in [0.15, 0.2) is 176 Å². The van der Waals surface area contributed by atoms with Crippen molar-refractivity contribution in [2.75, 3.05) is 0 Å². The maximum absolute atomic E-state index is 4.18. The molecule has 8 aromatic rings. The Hall–Kier alpha value is -5.04. The van der Waals surface area contributed by atoms with E-state index in [1.807, 2.05) is 0 Å². The average Bonchev–Trinajstić information content (AvgIpc) is 3.91. The molecule has 0 saturated carbocycles. The van der Waals surface area contributed by atoms with E-state index in [4.69, 9.17) is 0 Å². The summed E-state index contributed by atoms with van der Waals surface area (Å²) in [6.07, 6.45) is 11.9. The van der Waals surface area contributed by atoms with Crippen molar-refractivity contribution >= 4 is 38.8 Å². The molecule has 0 heterocycles. The predicted octanol–water partition coefficient (Wildman–Crippen LogP) is 7.82. The molecule has 0 spiro atoms. The molecule has 303 valence electrons. The zero-order chi connectivity index (χ0) is 40.5. The zero-order valence-corrected chi connectivity index (χ0v) is 40.2. The Balaban J connectivity index is 0.00000193. The van der Waals surface area contributed by atoms with Crippen LogP contribution in [-0.4, -0.2) is 0 Å². The Morgan fingerprint density at radius 2 is 1.06 bits per heavy atom. The molecule has 2 aliphatic carbocycles. The molecule has 10 rings (SSSR count). The maximum Gasteiger partial charge on any atom is 3.00 e. The molecule has 0 unspecified atom stereocenters. The largest absolute Gasteiger partial charge is 3.00 e. The number of fused-ring (bicyclic) bond motifs is 4. The molecule has 0 nitrogen and oxygen atoms in total. The molecular formula is C59H49Cl2Zr. The van der Waals surface area contributed by atoms with Crippen molar-refractivity contribution in [3.63, 3.8) is 0 Å². The van der Waals surface area contributed by atoms with Gasteiger partial charge in [-0.2, -0.15) is 0 Å². The van der Waals surface area contributed by atoms with Gasteiger partial charge in [-0.05, 0) is 106 Å². The molecule has 0 aromatic heterocycles. The summed E-state index contributed by atoms with van der Waals surface area (Å²) in [5.74, 6) is 0. The van der Waals surface area contributed by atoms with Gasteiger partial charge in [0.15, 0.2) is 0 Å². The molecule has 3 heteroatoms. The second-order valence-electron chi connectivity index (χ2n) is 18.4. The minimum atomic E-state index is -0.255. The van der Waals surface area contributed by atoms with Gasteiger partial charge in [0.2, 0.25) is 0 Å². The Morgan fingerprint density at radius 1 is 0.532 bits per heavy atom. The van der Waals surface area contributed by atoms with E-state index in [1.54, 1.807) is 0 Å². The van der Waals surface area contributed by atoms with Gasteiger partial charge in [0.05, 0.1) is 0 Å². The number of benzene rings is 8. The van der Waals surface area contributed by atoms with Crippen molar-refractivity contribution in [2.24, 2.45) is 0 Å². The molecule has 62 heavy (non-hydrogen) atoms. The van der Waals surface area contributed by atoms with Gasteiger partial charge in [-0.3, -0.25) is 0 Å². The van der Waals surface area contributed by atoms with E-state index < -0.39 is 0 Å². The van der Waals surface area contributed by atoms with Crippen LogP contribution in [-0.2, 0) is 37.0 Å². The van der Waals surface area contributed by atoms with Gasteiger partial charge in [-0.15, -0.1) is 33.4 Å². The number of hydrogen-bond acceptors (Lipinski definition) is 0. The summed E-state index contributed by atoms with van der Waals surface area (Å²) in [5.41, 5.74) is 14.9. The van der Waals surface area contributed by atoms with Crippen molar-refractivity contribution < 1.29 is 51.0 Å². The minimum Gasteiger partial charge on any atom is -1.00 e. The maximum atomic E-state index is 4.18. The minimum absolute atomic E-state index is 0. The van der Waals surface area contributed by atoms with Crippen LogP contribution >= 0.6 is 0 Å². The van der Waals surface area contributed by atoms with Crippen molar-refractivity contribution in [1.29, 1.82) is 0 Å². The van der Waals surface area contributed by atoms with E-state index in [9.17, 15) is 0 Å². The Kier molecular flexibility index (Phi) is 12.8. The fourth-order valence-electron chi connectivity index (χ4n) is 9.66. The van der Waals surface area contributed by atoms with Gasteiger partial charge < -0.3 is 24.8 Å². The first kappa shape index (κ1) is 45.0. The summed E-state index contributed by atoms with van der Waals surface area (Å²) in [6, 6.07) is 58.7. The topological polar surface area (TPSA) is 0 Å². The molecule has 1 radical (unpaired) electrons. The van der Waals surface area contributed by atoms with E-state index >= 15 is 0 Å². The first-order valence-corrected chi connectivity index (χ1v) is 21.1. The number of rotatable bonds is 5. The summed E-state index contributed by atoms with van der Waals surface area (Å²) in [7, 11) is 0. The Morgan fingerprint density at radius 3 is 1.58 bits per heavy atom. The van der Waals surface area contributed by atoms with Gasteiger partial charge in [-0.25, -0.2) is 0 Å². The molecule has 0 saturated heterocycles. The normalized spacial score (nSPS) is 12.7. The average molecular weight is 920 g/mol. The third-order valence-corrected chi connectivity index (χ3v) is 12.3. The van der Waals surface area contributed by atoms with Crippen molar-refractivity contribution in [3.8, 4) is 22.3 Å². The monoisotopic (exact) mass is 917 g/mol. The molecule has 8 aromatic carbocycles. The van der Waals surface area contributed by atoms with Gasteiger partial charge in [0.1, 0.15) is 0 Å². The first-order chi connectivity index (χ1) is 28.5. The van der Waals surface area contributed by atoms with Crippen LogP contribution in [0.2, 0.25) is 0 Å². The second-order valence-corrected chi connectivity index (χ2v) is 18.4. The van der Waals surface area contributed by atoms with Crippen molar-refractivity contribution in [2.45, 2.75) is 58.8 Å². The van der Waals surface area contributed by atoms with E-state index in [0.717, 1.165) is 11.6 Å². The third kappa shape index (κ3) is 7.94. The summed E-state index contributed by atoms with van der Waals surface area (Å²) in [5, 5.41) is 9.96. The Labute approximate surface area is 398 Å². The number of halogens is 2.